The second-order valence-corrected chi connectivity index (χ2v) is 5.65. The van der Waals surface area contributed by atoms with Gasteiger partial charge in [0.1, 0.15) is 11.9 Å². The molecule has 0 spiro atoms. The third-order valence-corrected chi connectivity index (χ3v) is 4.18. The molecule has 22 heavy (non-hydrogen) atoms. The monoisotopic (exact) mass is 296 g/mol. The van der Waals surface area contributed by atoms with Gasteiger partial charge in [0.25, 0.3) is 0 Å². The Bertz CT molecular complexity index is 646. The van der Waals surface area contributed by atoms with Crippen LogP contribution in [0.2, 0.25) is 0 Å². The largest absolute Gasteiger partial charge is 0.357 e. The van der Waals surface area contributed by atoms with Gasteiger partial charge < -0.3 is 14.8 Å². The molecule has 0 atom stereocenters. The molecule has 2 aromatic heterocycles. The quantitative estimate of drug-likeness (QED) is 0.924. The molecule has 0 aromatic carbocycles. The van der Waals surface area contributed by atoms with Crippen LogP contribution >= 0.6 is 0 Å². The maximum atomic E-state index is 8.81. The van der Waals surface area contributed by atoms with Crippen molar-refractivity contribution in [3.05, 3.63) is 42.1 Å². The average molecular weight is 296 g/mol. The van der Waals surface area contributed by atoms with Gasteiger partial charge in [-0.25, -0.2) is 9.97 Å². The lowest BCUT2D eigenvalue weighted by Crippen LogP contribution is -2.42. The van der Waals surface area contributed by atoms with E-state index in [-0.39, 0.29) is 0 Å². The summed E-state index contributed by atoms with van der Waals surface area (Å²) in [5.74, 6) is 0.962. The van der Waals surface area contributed by atoms with E-state index in [2.05, 4.69) is 26.3 Å². The molecule has 1 aliphatic heterocycles. The summed E-state index contributed by atoms with van der Waals surface area (Å²) in [5, 5.41) is 12.4. The number of nitriles is 1. The fraction of sp³-hybridized carbons (Fsp3) is 0.438. The lowest BCUT2D eigenvalue weighted by Gasteiger charge is -2.33. The van der Waals surface area contributed by atoms with E-state index in [0.717, 1.165) is 38.3 Å². The zero-order chi connectivity index (χ0) is 15.4. The average Bonchev–Trinajstić information content (AvgIpc) is 2.99. The first-order valence-electron chi connectivity index (χ1n) is 7.56. The first kappa shape index (κ1) is 14.5. The number of anilines is 1. The number of piperidine rings is 1. The molecule has 0 bridgehead atoms. The summed E-state index contributed by atoms with van der Waals surface area (Å²) in [5.41, 5.74) is 1.81. The van der Waals surface area contributed by atoms with Crippen LogP contribution < -0.4 is 10.2 Å². The van der Waals surface area contributed by atoms with Crippen molar-refractivity contribution < 1.29 is 0 Å². The van der Waals surface area contributed by atoms with Gasteiger partial charge in [-0.05, 0) is 25.0 Å². The molecule has 3 heterocycles. The predicted octanol–water partition coefficient (Wildman–Crippen LogP) is 1.45. The summed E-state index contributed by atoms with van der Waals surface area (Å²) in [6.07, 6.45) is 7.57. The van der Waals surface area contributed by atoms with Crippen LogP contribution in [-0.2, 0) is 13.6 Å². The molecule has 2 aromatic rings. The summed E-state index contributed by atoms with van der Waals surface area (Å²) >= 11 is 0. The molecule has 3 rings (SSSR count). The maximum Gasteiger partial charge on any atom is 0.128 e. The molecular weight excluding hydrogens is 276 g/mol. The summed E-state index contributed by atoms with van der Waals surface area (Å²) < 4.78 is 2.04. The summed E-state index contributed by atoms with van der Waals surface area (Å²) in [4.78, 5) is 10.8. The van der Waals surface area contributed by atoms with Crippen LogP contribution in [0, 0.1) is 11.3 Å². The van der Waals surface area contributed by atoms with Gasteiger partial charge in [-0.3, -0.25) is 0 Å². The minimum absolute atomic E-state index is 0.532. The zero-order valence-corrected chi connectivity index (χ0v) is 12.7. The van der Waals surface area contributed by atoms with Crippen molar-refractivity contribution in [2.75, 3.05) is 18.0 Å². The van der Waals surface area contributed by atoms with Crippen LogP contribution in [-0.4, -0.2) is 33.7 Å². The third-order valence-electron chi connectivity index (χ3n) is 4.18. The normalized spacial score (nSPS) is 15.7. The number of rotatable bonds is 4. The van der Waals surface area contributed by atoms with Crippen LogP contribution in [0.25, 0.3) is 0 Å². The van der Waals surface area contributed by atoms with Gasteiger partial charge in [0.05, 0.1) is 17.6 Å². The molecule has 1 N–H and O–H groups in total. The molecule has 1 saturated heterocycles. The van der Waals surface area contributed by atoms with Crippen molar-refractivity contribution in [1.29, 1.82) is 5.26 Å². The molecule has 0 unspecified atom stereocenters. The Labute approximate surface area is 130 Å². The first-order chi connectivity index (χ1) is 10.8. The molecule has 1 aliphatic rings. The molecular formula is C16H20N6. The fourth-order valence-electron chi connectivity index (χ4n) is 2.76. The topological polar surface area (TPSA) is 69.8 Å². The van der Waals surface area contributed by atoms with E-state index < -0.39 is 0 Å². The van der Waals surface area contributed by atoms with E-state index in [1.54, 1.807) is 6.20 Å². The number of nitrogens with one attached hydrogen (secondary N) is 1. The van der Waals surface area contributed by atoms with Crippen molar-refractivity contribution in [3.8, 4) is 6.07 Å². The van der Waals surface area contributed by atoms with Gasteiger partial charge in [-0.2, -0.15) is 5.26 Å². The lowest BCUT2D eigenvalue weighted by molar-refractivity contribution is 0.408. The van der Waals surface area contributed by atoms with E-state index in [1.807, 2.05) is 36.3 Å². The molecule has 6 heteroatoms. The van der Waals surface area contributed by atoms with Gasteiger partial charge in [0.2, 0.25) is 0 Å². The molecule has 0 saturated carbocycles. The highest BCUT2D eigenvalue weighted by molar-refractivity contribution is 5.42. The van der Waals surface area contributed by atoms with E-state index in [0.29, 0.717) is 11.6 Å². The summed E-state index contributed by atoms with van der Waals surface area (Å²) in [6, 6.07) is 6.39. The van der Waals surface area contributed by atoms with Crippen molar-refractivity contribution in [2.45, 2.75) is 25.4 Å². The fourth-order valence-corrected chi connectivity index (χ4v) is 2.76. The van der Waals surface area contributed by atoms with E-state index in [1.165, 1.54) is 5.69 Å². The molecule has 0 aliphatic carbocycles. The number of nitrogens with zero attached hydrogens (tertiary/aromatic N) is 5. The minimum atomic E-state index is 0.532. The number of imidazole rings is 1. The van der Waals surface area contributed by atoms with E-state index >= 15 is 0 Å². The van der Waals surface area contributed by atoms with Crippen molar-refractivity contribution in [2.24, 2.45) is 7.05 Å². The number of aromatic nitrogens is 3. The predicted molar refractivity (Wildman–Crippen MR) is 84.2 cm³/mol. The van der Waals surface area contributed by atoms with Gasteiger partial charge in [-0.1, -0.05) is 0 Å². The molecule has 6 nitrogen and oxygen atoms in total. The second-order valence-electron chi connectivity index (χ2n) is 5.65. The van der Waals surface area contributed by atoms with Crippen LogP contribution in [0.3, 0.4) is 0 Å². The highest BCUT2D eigenvalue weighted by Gasteiger charge is 2.19. The second kappa shape index (κ2) is 6.58. The Morgan fingerprint density at radius 3 is 2.73 bits per heavy atom. The van der Waals surface area contributed by atoms with Crippen LogP contribution in [0.4, 0.5) is 5.82 Å². The first-order valence-corrected chi connectivity index (χ1v) is 7.56. The molecule has 0 radical (unpaired) electrons. The maximum absolute atomic E-state index is 8.81. The molecule has 1 fully saturated rings. The Morgan fingerprint density at radius 1 is 1.32 bits per heavy atom. The van der Waals surface area contributed by atoms with Crippen molar-refractivity contribution in [3.63, 3.8) is 0 Å². The lowest BCUT2D eigenvalue weighted by atomic mass is 10.0. The Hall–Kier alpha value is -2.39. The zero-order valence-electron chi connectivity index (χ0n) is 12.7. The Kier molecular flexibility index (Phi) is 4.35. The number of hydrogen-bond donors (Lipinski definition) is 1. The third kappa shape index (κ3) is 3.26. The number of hydrogen-bond acceptors (Lipinski definition) is 5. The van der Waals surface area contributed by atoms with Gasteiger partial charge >= 0.3 is 0 Å². The van der Waals surface area contributed by atoms with Crippen LogP contribution in [0.15, 0.2) is 30.9 Å². The molecule has 0 amide bonds. The number of pyridine rings is 1. The smallest absolute Gasteiger partial charge is 0.128 e. The van der Waals surface area contributed by atoms with Crippen LogP contribution in [0.1, 0.15) is 24.1 Å². The Balaban J connectivity index is 1.49. The number of aryl methyl sites for hydroxylation is 1. The van der Waals surface area contributed by atoms with Crippen molar-refractivity contribution in [1.82, 2.24) is 19.9 Å². The highest BCUT2D eigenvalue weighted by atomic mass is 15.2. The SMILES string of the molecule is Cn1cncc1CNC1CCN(c2ccc(C#N)cn2)CC1. The standard InChI is InChI=1S/C16H20N6/c1-21-12-18-10-15(21)11-19-14-4-6-22(7-5-14)16-3-2-13(8-17)9-20-16/h2-3,9-10,12,14,19H,4-7,11H2,1H3. The van der Waals surface area contributed by atoms with Gasteiger partial charge in [0.15, 0.2) is 0 Å². The van der Waals surface area contributed by atoms with E-state index in [9.17, 15) is 0 Å². The Morgan fingerprint density at radius 2 is 2.14 bits per heavy atom. The molecule has 114 valence electrons. The highest BCUT2D eigenvalue weighted by Crippen LogP contribution is 2.18. The van der Waals surface area contributed by atoms with Gasteiger partial charge in [0, 0.05) is 45.1 Å². The van der Waals surface area contributed by atoms with E-state index in [4.69, 9.17) is 5.26 Å². The summed E-state index contributed by atoms with van der Waals surface area (Å²) in [7, 11) is 2.02. The van der Waals surface area contributed by atoms with Gasteiger partial charge in [-0.15, -0.1) is 0 Å². The van der Waals surface area contributed by atoms with Crippen LogP contribution in [0.5, 0.6) is 0 Å². The van der Waals surface area contributed by atoms with Crippen molar-refractivity contribution >= 4 is 5.82 Å². The minimum Gasteiger partial charge on any atom is -0.357 e. The summed E-state index contributed by atoms with van der Waals surface area (Å²) in [6.45, 7) is 2.83.